The molecule has 0 radical (unpaired) electrons. The van der Waals surface area contributed by atoms with Crippen molar-refractivity contribution in [2.45, 2.75) is 19.2 Å². The molecule has 1 rings (SSSR count). The second kappa shape index (κ2) is 4.16. The zero-order valence-electron chi connectivity index (χ0n) is 8.70. The summed E-state index contributed by atoms with van der Waals surface area (Å²) >= 11 is 4.52. The van der Waals surface area contributed by atoms with Crippen LogP contribution in [0.3, 0.4) is 0 Å². The highest BCUT2D eigenvalue weighted by molar-refractivity contribution is 7.80. The molecule has 0 N–H and O–H groups in total. The van der Waals surface area contributed by atoms with E-state index in [1.54, 1.807) is 0 Å². The number of nitrogens with zero attached hydrogens (tertiary/aromatic N) is 1. The molecule has 0 aliphatic carbocycles. The maximum Gasteiger partial charge on any atom is 0.0779 e. The van der Waals surface area contributed by atoms with Crippen LogP contribution >= 0.6 is 12.6 Å². The molecule has 0 aromatic heterocycles. The van der Waals surface area contributed by atoms with E-state index in [2.05, 4.69) is 49.6 Å². The first-order valence-electron chi connectivity index (χ1n) is 4.44. The normalized spacial score (nSPS) is 13.4. The van der Waals surface area contributed by atoms with Crippen molar-refractivity contribution in [2.75, 3.05) is 14.1 Å². The Morgan fingerprint density at radius 1 is 1.15 bits per heavy atom. The molecule has 2 heteroatoms. The Bertz CT molecular complexity index is 294. The van der Waals surface area contributed by atoms with Gasteiger partial charge in [0, 0.05) is 0 Å². The highest BCUT2D eigenvalue weighted by atomic mass is 32.1. The summed E-state index contributed by atoms with van der Waals surface area (Å²) in [6.07, 6.45) is 0. The standard InChI is InChI=1S/C11H17NS/c1-8-5-6-10(7-9(8)2)11(13)12(3)4/h5-7,11,13H,1-4H3. The van der Waals surface area contributed by atoms with Crippen molar-refractivity contribution >= 4 is 12.6 Å². The molecule has 1 aromatic carbocycles. The van der Waals surface area contributed by atoms with E-state index in [9.17, 15) is 0 Å². The van der Waals surface area contributed by atoms with E-state index < -0.39 is 0 Å². The fraction of sp³-hybridized carbons (Fsp3) is 0.455. The number of aryl methyl sites for hydroxylation is 2. The third-order valence-corrected chi connectivity index (χ3v) is 3.08. The zero-order chi connectivity index (χ0) is 10.0. The fourth-order valence-electron chi connectivity index (χ4n) is 1.22. The van der Waals surface area contributed by atoms with E-state index in [1.165, 1.54) is 16.7 Å². The lowest BCUT2D eigenvalue weighted by Gasteiger charge is -2.19. The van der Waals surface area contributed by atoms with Crippen molar-refractivity contribution in [1.29, 1.82) is 0 Å². The van der Waals surface area contributed by atoms with Gasteiger partial charge in [0.25, 0.3) is 0 Å². The Kier molecular flexibility index (Phi) is 3.40. The van der Waals surface area contributed by atoms with E-state index in [1.807, 2.05) is 14.1 Å². The summed E-state index contributed by atoms with van der Waals surface area (Å²) in [6.45, 7) is 4.26. The smallest absolute Gasteiger partial charge is 0.0779 e. The van der Waals surface area contributed by atoms with Crippen molar-refractivity contribution in [1.82, 2.24) is 4.90 Å². The minimum absolute atomic E-state index is 0.194. The molecular formula is C11H17NS. The minimum Gasteiger partial charge on any atom is -0.294 e. The van der Waals surface area contributed by atoms with Gasteiger partial charge in [0.1, 0.15) is 0 Å². The lowest BCUT2D eigenvalue weighted by Crippen LogP contribution is -2.14. The Morgan fingerprint density at radius 2 is 1.77 bits per heavy atom. The average molecular weight is 195 g/mol. The van der Waals surface area contributed by atoms with E-state index in [4.69, 9.17) is 0 Å². The molecule has 0 aliphatic heterocycles. The number of benzene rings is 1. The molecule has 0 heterocycles. The van der Waals surface area contributed by atoms with Crippen LogP contribution in [0, 0.1) is 13.8 Å². The molecule has 0 fully saturated rings. The number of rotatable bonds is 2. The molecule has 13 heavy (non-hydrogen) atoms. The van der Waals surface area contributed by atoms with Gasteiger partial charge in [-0.15, -0.1) is 0 Å². The van der Waals surface area contributed by atoms with Gasteiger partial charge in [-0.3, -0.25) is 4.90 Å². The van der Waals surface area contributed by atoms with Crippen LogP contribution in [-0.2, 0) is 0 Å². The first-order valence-corrected chi connectivity index (χ1v) is 4.95. The maximum absolute atomic E-state index is 4.52. The van der Waals surface area contributed by atoms with Crippen LogP contribution in [-0.4, -0.2) is 19.0 Å². The minimum atomic E-state index is 0.194. The molecule has 0 amide bonds. The Balaban J connectivity index is 2.97. The van der Waals surface area contributed by atoms with Gasteiger partial charge in [0.15, 0.2) is 0 Å². The van der Waals surface area contributed by atoms with Crippen LogP contribution in [0.25, 0.3) is 0 Å². The predicted octanol–water partition coefficient (Wildman–Crippen LogP) is 2.79. The monoisotopic (exact) mass is 195 g/mol. The van der Waals surface area contributed by atoms with Crippen molar-refractivity contribution in [3.8, 4) is 0 Å². The molecule has 0 aliphatic rings. The third kappa shape index (κ3) is 2.48. The first-order chi connectivity index (χ1) is 6.02. The van der Waals surface area contributed by atoms with E-state index in [0.717, 1.165) is 0 Å². The van der Waals surface area contributed by atoms with Crippen LogP contribution in [0.2, 0.25) is 0 Å². The van der Waals surface area contributed by atoms with Crippen LogP contribution in [0.4, 0.5) is 0 Å². The lowest BCUT2D eigenvalue weighted by atomic mass is 10.1. The highest BCUT2D eigenvalue weighted by Crippen LogP contribution is 2.23. The van der Waals surface area contributed by atoms with Gasteiger partial charge in [0.05, 0.1) is 5.37 Å². The van der Waals surface area contributed by atoms with Gasteiger partial charge >= 0.3 is 0 Å². The molecule has 0 spiro atoms. The third-order valence-electron chi connectivity index (χ3n) is 2.32. The Hall–Kier alpha value is -0.470. The number of thiol groups is 1. The predicted molar refractivity (Wildman–Crippen MR) is 61.3 cm³/mol. The first kappa shape index (κ1) is 10.6. The van der Waals surface area contributed by atoms with E-state index in [-0.39, 0.29) is 5.37 Å². The van der Waals surface area contributed by atoms with Crippen LogP contribution in [0.1, 0.15) is 22.1 Å². The Morgan fingerprint density at radius 3 is 2.23 bits per heavy atom. The van der Waals surface area contributed by atoms with Crippen molar-refractivity contribution in [2.24, 2.45) is 0 Å². The van der Waals surface area contributed by atoms with Crippen LogP contribution < -0.4 is 0 Å². The molecule has 0 saturated heterocycles. The fourth-order valence-corrected chi connectivity index (χ4v) is 1.38. The Labute approximate surface area is 86.2 Å². The summed E-state index contributed by atoms with van der Waals surface area (Å²) in [6, 6.07) is 6.49. The summed E-state index contributed by atoms with van der Waals surface area (Å²) in [5, 5.41) is 0.194. The summed E-state index contributed by atoms with van der Waals surface area (Å²) in [5.74, 6) is 0. The SMILES string of the molecule is Cc1ccc(C(S)N(C)C)cc1C. The second-order valence-electron chi connectivity index (χ2n) is 3.68. The average Bonchev–Trinajstić information content (AvgIpc) is 2.08. The summed E-state index contributed by atoms with van der Waals surface area (Å²) in [4.78, 5) is 2.09. The highest BCUT2D eigenvalue weighted by Gasteiger charge is 2.08. The summed E-state index contributed by atoms with van der Waals surface area (Å²) in [7, 11) is 4.07. The molecule has 1 aromatic rings. The lowest BCUT2D eigenvalue weighted by molar-refractivity contribution is 0.393. The molecular weight excluding hydrogens is 178 g/mol. The van der Waals surface area contributed by atoms with Gasteiger partial charge in [-0.25, -0.2) is 0 Å². The van der Waals surface area contributed by atoms with Gasteiger partial charge in [-0.2, -0.15) is 12.6 Å². The summed E-state index contributed by atoms with van der Waals surface area (Å²) in [5.41, 5.74) is 3.93. The van der Waals surface area contributed by atoms with Gasteiger partial charge in [-0.1, -0.05) is 18.2 Å². The van der Waals surface area contributed by atoms with Crippen molar-refractivity contribution in [3.63, 3.8) is 0 Å². The summed E-state index contributed by atoms with van der Waals surface area (Å²) < 4.78 is 0. The van der Waals surface area contributed by atoms with E-state index >= 15 is 0 Å². The van der Waals surface area contributed by atoms with Gasteiger partial charge in [-0.05, 0) is 44.6 Å². The number of hydrogen-bond acceptors (Lipinski definition) is 2. The van der Waals surface area contributed by atoms with Crippen molar-refractivity contribution in [3.05, 3.63) is 34.9 Å². The quantitative estimate of drug-likeness (QED) is 0.561. The van der Waals surface area contributed by atoms with Crippen molar-refractivity contribution < 1.29 is 0 Å². The number of hydrogen-bond donors (Lipinski definition) is 1. The molecule has 1 nitrogen and oxygen atoms in total. The largest absolute Gasteiger partial charge is 0.294 e. The zero-order valence-corrected chi connectivity index (χ0v) is 9.60. The topological polar surface area (TPSA) is 3.24 Å². The molecule has 0 saturated carbocycles. The van der Waals surface area contributed by atoms with E-state index in [0.29, 0.717) is 0 Å². The van der Waals surface area contributed by atoms with Crippen LogP contribution in [0.5, 0.6) is 0 Å². The molecule has 0 bridgehead atoms. The van der Waals surface area contributed by atoms with Gasteiger partial charge < -0.3 is 0 Å². The molecule has 72 valence electrons. The van der Waals surface area contributed by atoms with Crippen LogP contribution in [0.15, 0.2) is 18.2 Å². The maximum atomic E-state index is 4.52. The molecule has 1 unspecified atom stereocenters. The molecule has 1 atom stereocenters. The van der Waals surface area contributed by atoms with Gasteiger partial charge in [0.2, 0.25) is 0 Å². The second-order valence-corrected chi connectivity index (χ2v) is 4.17.